The standard InChI is InChI=1S/C12H19N3O5S/c1-3-14(4-2)7-8-20-11-6-5-10(15(16)17)9-12(11)21(13,18)19/h5-6,9H,3-4,7-8H2,1-2H3,(H2,13,18,19). The molecule has 0 unspecified atom stereocenters. The fraction of sp³-hybridized carbons (Fsp3) is 0.500. The minimum atomic E-state index is -4.09. The number of nitro benzene ring substituents is 1. The monoisotopic (exact) mass is 317 g/mol. The number of hydrogen-bond acceptors (Lipinski definition) is 6. The number of nitro groups is 1. The summed E-state index contributed by atoms with van der Waals surface area (Å²) in [6.07, 6.45) is 0. The lowest BCUT2D eigenvalue weighted by molar-refractivity contribution is -0.385. The van der Waals surface area contributed by atoms with Crippen molar-refractivity contribution < 1.29 is 18.1 Å². The molecular weight excluding hydrogens is 298 g/mol. The molecule has 0 amide bonds. The summed E-state index contributed by atoms with van der Waals surface area (Å²) in [5, 5.41) is 15.8. The molecule has 0 aliphatic carbocycles. The Morgan fingerprint density at radius 2 is 1.95 bits per heavy atom. The predicted octanol–water partition coefficient (Wildman–Crippen LogP) is 0.963. The summed E-state index contributed by atoms with van der Waals surface area (Å²) < 4.78 is 28.4. The normalized spacial score (nSPS) is 11.6. The molecule has 0 bridgehead atoms. The molecule has 2 N–H and O–H groups in total. The second-order valence-corrected chi connectivity index (χ2v) is 5.84. The van der Waals surface area contributed by atoms with Crippen molar-refractivity contribution in [2.75, 3.05) is 26.2 Å². The highest BCUT2D eigenvalue weighted by molar-refractivity contribution is 7.89. The highest BCUT2D eigenvalue weighted by atomic mass is 32.2. The van der Waals surface area contributed by atoms with E-state index >= 15 is 0 Å². The van der Waals surface area contributed by atoms with Crippen molar-refractivity contribution in [3.8, 4) is 5.75 Å². The third kappa shape index (κ3) is 4.96. The van der Waals surface area contributed by atoms with Gasteiger partial charge in [0, 0.05) is 18.7 Å². The van der Waals surface area contributed by atoms with E-state index in [9.17, 15) is 18.5 Å². The molecule has 0 fully saturated rings. The van der Waals surface area contributed by atoms with Crippen LogP contribution in [0.15, 0.2) is 23.1 Å². The lowest BCUT2D eigenvalue weighted by Crippen LogP contribution is -2.28. The van der Waals surface area contributed by atoms with Crippen LogP contribution in [0.25, 0.3) is 0 Å². The Kier molecular flexibility index (Phi) is 6.06. The lowest BCUT2D eigenvalue weighted by Gasteiger charge is -2.18. The number of rotatable bonds is 8. The Balaban J connectivity index is 2.94. The highest BCUT2D eigenvalue weighted by Crippen LogP contribution is 2.27. The molecule has 0 saturated heterocycles. The summed E-state index contributed by atoms with van der Waals surface area (Å²) in [4.78, 5) is 11.7. The van der Waals surface area contributed by atoms with Crippen molar-refractivity contribution in [3.63, 3.8) is 0 Å². The summed E-state index contributed by atoms with van der Waals surface area (Å²) in [6, 6.07) is 3.34. The minimum absolute atomic E-state index is 0.0234. The van der Waals surface area contributed by atoms with Crippen LogP contribution in [0.3, 0.4) is 0 Å². The third-order valence-electron chi connectivity index (χ3n) is 3.00. The van der Waals surface area contributed by atoms with Gasteiger partial charge in [0.2, 0.25) is 10.0 Å². The zero-order chi connectivity index (χ0) is 16.0. The van der Waals surface area contributed by atoms with Gasteiger partial charge in [-0.05, 0) is 19.2 Å². The SMILES string of the molecule is CCN(CC)CCOc1ccc([N+](=O)[O-])cc1S(N)(=O)=O. The van der Waals surface area contributed by atoms with E-state index in [-0.39, 0.29) is 22.9 Å². The molecule has 21 heavy (non-hydrogen) atoms. The molecule has 0 aliphatic heterocycles. The van der Waals surface area contributed by atoms with Gasteiger partial charge in [0.1, 0.15) is 17.3 Å². The van der Waals surface area contributed by atoms with E-state index in [0.29, 0.717) is 6.54 Å². The molecule has 0 aromatic heterocycles. The number of primary sulfonamides is 1. The molecule has 0 spiro atoms. The van der Waals surface area contributed by atoms with Gasteiger partial charge < -0.3 is 9.64 Å². The topological polar surface area (TPSA) is 116 Å². The summed E-state index contributed by atoms with van der Waals surface area (Å²) >= 11 is 0. The maximum Gasteiger partial charge on any atom is 0.271 e. The van der Waals surface area contributed by atoms with Crippen LogP contribution in [-0.2, 0) is 10.0 Å². The van der Waals surface area contributed by atoms with E-state index in [1.54, 1.807) is 0 Å². The number of nitrogens with two attached hydrogens (primary N) is 1. The number of non-ortho nitro benzene ring substituents is 1. The minimum Gasteiger partial charge on any atom is -0.491 e. The van der Waals surface area contributed by atoms with Crippen molar-refractivity contribution in [3.05, 3.63) is 28.3 Å². The highest BCUT2D eigenvalue weighted by Gasteiger charge is 2.20. The van der Waals surface area contributed by atoms with Gasteiger partial charge in [0.25, 0.3) is 5.69 Å². The van der Waals surface area contributed by atoms with Crippen LogP contribution >= 0.6 is 0 Å². The number of ether oxygens (including phenoxy) is 1. The van der Waals surface area contributed by atoms with Crippen LogP contribution in [0.4, 0.5) is 5.69 Å². The number of likely N-dealkylation sites (N-methyl/N-ethyl adjacent to an activating group) is 1. The molecule has 1 aromatic rings. The predicted molar refractivity (Wildman–Crippen MR) is 77.8 cm³/mol. The first-order chi connectivity index (χ1) is 9.79. The summed E-state index contributed by atoms with van der Waals surface area (Å²) in [7, 11) is -4.09. The average Bonchev–Trinajstić information content (AvgIpc) is 2.42. The summed E-state index contributed by atoms with van der Waals surface area (Å²) in [5.41, 5.74) is -0.352. The van der Waals surface area contributed by atoms with Crippen molar-refractivity contribution >= 4 is 15.7 Å². The molecular formula is C12H19N3O5S. The second kappa shape index (κ2) is 7.34. The molecule has 0 heterocycles. The van der Waals surface area contributed by atoms with Gasteiger partial charge in [-0.15, -0.1) is 0 Å². The van der Waals surface area contributed by atoms with Crippen LogP contribution in [0.1, 0.15) is 13.8 Å². The molecule has 0 aliphatic rings. The van der Waals surface area contributed by atoms with E-state index < -0.39 is 14.9 Å². The van der Waals surface area contributed by atoms with Gasteiger partial charge in [0.05, 0.1) is 4.92 Å². The van der Waals surface area contributed by atoms with E-state index in [0.717, 1.165) is 19.2 Å². The fourth-order valence-electron chi connectivity index (χ4n) is 1.78. The molecule has 9 heteroatoms. The maximum absolute atomic E-state index is 11.5. The Morgan fingerprint density at radius 3 is 2.43 bits per heavy atom. The van der Waals surface area contributed by atoms with Gasteiger partial charge in [-0.3, -0.25) is 10.1 Å². The summed E-state index contributed by atoms with van der Waals surface area (Å²) in [6.45, 7) is 6.59. The van der Waals surface area contributed by atoms with E-state index in [1.807, 2.05) is 13.8 Å². The van der Waals surface area contributed by atoms with Crippen molar-refractivity contribution in [1.29, 1.82) is 0 Å². The molecule has 0 radical (unpaired) electrons. The lowest BCUT2D eigenvalue weighted by atomic mass is 10.3. The Labute approximate surface area is 123 Å². The molecule has 0 atom stereocenters. The van der Waals surface area contributed by atoms with Crippen LogP contribution in [0.5, 0.6) is 5.75 Å². The number of benzene rings is 1. The first-order valence-electron chi connectivity index (χ1n) is 6.46. The summed E-state index contributed by atoms with van der Waals surface area (Å²) in [5.74, 6) is 0.0234. The Morgan fingerprint density at radius 1 is 1.33 bits per heavy atom. The quantitative estimate of drug-likeness (QED) is 0.564. The molecule has 8 nitrogen and oxygen atoms in total. The first kappa shape index (κ1) is 17.3. The second-order valence-electron chi connectivity index (χ2n) is 4.31. The van der Waals surface area contributed by atoms with Crippen molar-refractivity contribution in [2.45, 2.75) is 18.7 Å². The van der Waals surface area contributed by atoms with Crippen molar-refractivity contribution in [1.82, 2.24) is 4.90 Å². The van der Waals surface area contributed by atoms with Crippen LogP contribution in [0.2, 0.25) is 0 Å². The number of nitrogens with zero attached hydrogens (tertiary/aromatic N) is 2. The Bertz CT molecular complexity index is 599. The Hall–Kier alpha value is -1.71. The number of hydrogen-bond donors (Lipinski definition) is 1. The van der Waals surface area contributed by atoms with E-state index in [2.05, 4.69) is 4.90 Å². The maximum atomic E-state index is 11.5. The fourth-order valence-corrected chi connectivity index (χ4v) is 2.47. The van der Waals surface area contributed by atoms with Gasteiger partial charge in [0.15, 0.2) is 0 Å². The van der Waals surface area contributed by atoms with Gasteiger partial charge in [-0.2, -0.15) is 0 Å². The smallest absolute Gasteiger partial charge is 0.271 e. The van der Waals surface area contributed by atoms with Gasteiger partial charge >= 0.3 is 0 Å². The zero-order valence-corrected chi connectivity index (χ0v) is 12.8. The molecule has 1 aromatic carbocycles. The molecule has 1 rings (SSSR count). The van der Waals surface area contributed by atoms with Gasteiger partial charge in [-0.25, -0.2) is 13.6 Å². The third-order valence-corrected chi connectivity index (χ3v) is 3.94. The molecule has 118 valence electrons. The van der Waals surface area contributed by atoms with Crippen molar-refractivity contribution in [2.24, 2.45) is 5.14 Å². The van der Waals surface area contributed by atoms with Crippen LogP contribution in [0, 0.1) is 10.1 Å². The zero-order valence-electron chi connectivity index (χ0n) is 12.0. The molecule has 0 saturated carbocycles. The number of sulfonamides is 1. The van der Waals surface area contributed by atoms with Crippen LogP contribution < -0.4 is 9.88 Å². The van der Waals surface area contributed by atoms with E-state index in [1.165, 1.54) is 12.1 Å². The average molecular weight is 317 g/mol. The van der Waals surface area contributed by atoms with E-state index in [4.69, 9.17) is 9.88 Å². The van der Waals surface area contributed by atoms with Crippen LogP contribution in [-0.4, -0.2) is 44.5 Å². The largest absolute Gasteiger partial charge is 0.491 e. The first-order valence-corrected chi connectivity index (χ1v) is 8.00. The van der Waals surface area contributed by atoms with Gasteiger partial charge in [-0.1, -0.05) is 13.8 Å².